The Balaban J connectivity index is 2.11. The third-order valence-electron chi connectivity index (χ3n) is 3.79. The summed E-state index contributed by atoms with van der Waals surface area (Å²) in [6, 6.07) is 0. The van der Waals surface area contributed by atoms with Gasteiger partial charge in [-0.05, 0) is 25.7 Å². The van der Waals surface area contributed by atoms with Gasteiger partial charge in [0.25, 0.3) is 0 Å². The number of ether oxygens (including phenoxy) is 1. The molecule has 0 bridgehead atoms. The molecule has 1 aliphatic carbocycles. The Morgan fingerprint density at radius 3 is 3.14 bits per heavy atom. The van der Waals surface area contributed by atoms with E-state index < -0.39 is 0 Å². The Labute approximate surface area is 93.5 Å². The first-order chi connectivity index (χ1) is 6.79. The molecule has 0 amide bonds. The number of alkyl halides is 1. The highest BCUT2D eigenvalue weighted by molar-refractivity contribution is 9.09. The molecular weight excluding hydrogens is 244 g/mol. The van der Waals surface area contributed by atoms with Crippen LogP contribution in [0, 0.1) is 11.3 Å². The molecule has 1 aliphatic heterocycles. The van der Waals surface area contributed by atoms with Gasteiger partial charge in [0, 0.05) is 11.2 Å². The summed E-state index contributed by atoms with van der Waals surface area (Å²) in [7, 11) is 0. The van der Waals surface area contributed by atoms with E-state index in [2.05, 4.69) is 15.9 Å². The second-order valence-electron chi connectivity index (χ2n) is 4.49. The summed E-state index contributed by atoms with van der Waals surface area (Å²) < 4.78 is 5.25. The fourth-order valence-corrected chi connectivity index (χ4v) is 3.24. The second-order valence-corrected chi connectivity index (χ2v) is 5.28. The lowest BCUT2D eigenvalue weighted by Crippen LogP contribution is -2.36. The zero-order valence-corrected chi connectivity index (χ0v) is 10.0. The van der Waals surface area contributed by atoms with E-state index in [-0.39, 0.29) is 11.4 Å². The van der Waals surface area contributed by atoms with Gasteiger partial charge in [-0.25, -0.2) is 0 Å². The molecule has 0 radical (unpaired) electrons. The Morgan fingerprint density at radius 2 is 2.36 bits per heavy atom. The fourth-order valence-electron chi connectivity index (χ4n) is 2.96. The van der Waals surface area contributed by atoms with Crippen LogP contribution in [-0.2, 0) is 9.53 Å². The SMILES string of the molecule is O=C1OC[C@@H]2CCCC[C@]12CCCBr. The van der Waals surface area contributed by atoms with Gasteiger partial charge in [-0.3, -0.25) is 4.79 Å². The van der Waals surface area contributed by atoms with E-state index in [1.807, 2.05) is 0 Å². The number of carbonyl (C=O) groups excluding carboxylic acids is 1. The number of fused-ring (bicyclic) bond motifs is 1. The molecule has 0 unspecified atom stereocenters. The van der Waals surface area contributed by atoms with Crippen molar-refractivity contribution in [3.63, 3.8) is 0 Å². The first-order valence-corrected chi connectivity index (χ1v) is 6.65. The molecule has 1 heterocycles. The van der Waals surface area contributed by atoms with Crippen molar-refractivity contribution in [1.82, 2.24) is 0 Å². The number of carbonyl (C=O) groups is 1. The highest BCUT2D eigenvalue weighted by Gasteiger charge is 2.52. The summed E-state index contributed by atoms with van der Waals surface area (Å²) in [5, 5.41) is 0.995. The fraction of sp³-hybridized carbons (Fsp3) is 0.909. The van der Waals surface area contributed by atoms with Crippen molar-refractivity contribution >= 4 is 21.9 Å². The molecule has 2 nitrogen and oxygen atoms in total. The smallest absolute Gasteiger partial charge is 0.312 e. The molecule has 2 aliphatic rings. The number of hydrogen-bond donors (Lipinski definition) is 0. The minimum Gasteiger partial charge on any atom is -0.465 e. The maximum atomic E-state index is 11.8. The second kappa shape index (κ2) is 4.21. The number of esters is 1. The molecule has 3 heteroatoms. The van der Waals surface area contributed by atoms with Crippen LogP contribution in [0.25, 0.3) is 0 Å². The van der Waals surface area contributed by atoms with Gasteiger partial charge in [0.1, 0.15) is 0 Å². The molecule has 1 saturated carbocycles. The van der Waals surface area contributed by atoms with Crippen molar-refractivity contribution in [2.24, 2.45) is 11.3 Å². The zero-order chi connectivity index (χ0) is 10.0. The van der Waals surface area contributed by atoms with Crippen molar-refractivity contribution in [3.8, 4) is 0 Å². The van der Waals surface area contributed by atoms with E-state index >= 15 is 0 Å². The summed E-state index contributed by atoms with van der Waals surface area (Å²) >= 11 is 3.44. The van der Waals surface area contributed by atoms with Crippen molar-refractivity contribution < 1.29 is 9.53 Å². The van der Waals surface area contributed by atoms with Crippen LogP contribution in [0.1, 0.15) is 38.5 Å². The predicted octanol–water partition coefficient (Wildman–Crippen LogP) is 2.89. The van der Waals surface area contributed by atoms with Gasteiger partial charge in [-0.15, -0.1) is 0 Å². The predicted molar refractivity (Wildman–Crippen MR) is 58.4 cm³/mol. The highest BCUT2D eigenvalue weighted by atomic mass is 79.9. The van der Waals surface area contributed by atoms with E-state index in [4.69, 9.17) is 4.74 Å². The zero-order valence-electron chi connectivity index (χ0n) is 8.43. The molecule has 0 N–H and O–H groups in total. The molecule has 0 aromatic rings. The number of halogens is 1. The van der Waals surface area contributed by atoms with Gasteiger partial charge < -0.3 is 4.74 Å². The normalized spacial score (nSPS) is 36.6. The summed E-state index contributed by atoms with van der Waals surface area (Å²) in [4.78, 5) is 11.8. The van der Waals surface area contributed by atoms with Crippen LogP contribution in [0.3, 0.4) is 0 Å². The Bertz CT molecular complexity index is 229. The average molecular weight is 261 g/mol. The van der Waals surface area contributed by atoms with Crippen LogP contribution in [-0.4, -0.2) is 17.9 Å². The van der Waals surface area contributed by atoms with Crippen LogP contribution in [0.15, 0.2) is 0 Å². The van der Waals surface area contributed by atoms with Crippen LogP contribution in [0.5, 0.6) is 0 Å². The average Bonchev–Trinajstić information content (AvgIpc) is 2.55. The molecule has 2 fully saturated rings. The van der Waals surface area contributed by atoms with Crippen molar-refractivity contribution in [3.05, 3.63) is 0 Å². The molecule has 80 valence electrons. The first kappa shape index (κ1) is 10.5. The van der Waals surface area contributed by atoms with Crippen LogP contribution in [0.4, 0.5) is 0 Å². The van der Waals surface area contributed by atoms with E-state index in [0.29, 0.717) is 12.5 Å². The molecule has 2 atom stereocenters. The minimum atomic E-state index is -0.0912. The van der Waals surface area contributed by atoms with Gasteiger partial charge in [0.2, 0.25) is 0 Å². The van der Waals surface area contributed by atoms with Crippen molar-refractivity contribution in [1.29, 1.82) is 0 Å². The van der Waals surface area contributed by atoms with Crippen molar-refractivity contribution in [2.45, 2.75) is 38.5 Å². The Morgan fingerprint density at radius 1 is 1.50 bits per heavy atom. The first-order valence-electron chi connectivity index (χ1n) is 5.53. The number of rotatable bonds is 3. The molecular formula is C11H17BrO2. The van der Waals surface area contributed by atoms with E-state index in [1.54, 1.807) is 0 Å². The van der Waals surface area contributed by atoms with Gasteiger partial charge in [-0.1, -0.05) is 28.8 Å². The van der Waals surface area contributed by atoms with Gasteiger partial charge >= 0.3 is 5.97 Å². The van der Waals surface area contributed by atoms with Crippen molar-refractivity contribution in [2.75, 3.05) is 11.9 Å². The van der Waals surface area contributed by atoms with Gasteiger partial charge in [0.15, 0.2) is 0 Å². The number of cyclic esters (lactones) is 1. The summed E-state index contributed by atoms with van der Waals surface area (Å²) in [5.41, 5.74) is -0.0912. The Hall–Kier alpha value is -0.0500. The molecule has 0 spiro atoms. The maximum absolute atomic E-state index is 11.8. The van der Waals surface area contributed by atoms with Crippen LogP contribution < -0.4 is 0 Å². The third kappa shape index (κ3) is 1.60. The van der Waals surface area contributed by atoms with Gasteiger partial charge in [0.05, 0.1) is 12.0 Å². The van der Waals surface area contributed by atoms with E-state index in [9.17, 15) is 4.79 Å². The van der Waals surface area contributed by atoms with E-state index in [0.717, 1.165) is 24.6 Å². The van der Waals surface area contributed by atoms with E-state index in [1.165, 1.54) is 19.3 Å². The molecule has 0 aromatic heterocycles. The molecule has 1 saturated heterocycles. The van der Waals surface area contributed by atoms with Crippen LogP contribution in [0.2, 0.25) is 0 Å². The molecule has 14 heavy (non-hydrogen) atoms. The quantitative estimate of drug-likeness (QED) is 0.576. The highest BCUT2D eigenvalue weighted by Crippen LogP contribution is 2.49. The lowest BCUT2D eigenvalue weighted by atomic mass is 9.65. The topological polar surface area (TPSA) is 26.3 Å². The number of hydrogen-bond acceptors (Lipinski definition) is 2. The van der Waals surface area contributed by atoms with Crippen LogP contribution >= 0.6 is 15.9 Å². The largest absolute Gasteiger partial charge is 0.465 e. The summed E-state index contributed by atoms with van der Waals surface area (Å²) in [6.07, 6.45) is 6.83. The minimum absolute atomic E-state index is 0.0863. The monoisotopic (exact) mass is 260 g/mol. The molecule has 0 aromatic carbocycles. The summed E-state index contributed by atoms with van der Waals surface area (Å²) in [5.74, 6) is 0.603. The maximum Gasteiger partial charge on any atom is 0.312 e. The standard InChI is InChI=1S/C11H17BrO2/c12-7-3-6-11-5-2-1-4-9(11)8-14-10(11)13/h9H,1-8H2/t9-,11+/m0/s1. The van der Waals surface area contributed by atoms with Gasteiger partial charge in [-0.2, -0.15) is 0 Å². The lowest BCUT2D eigenvalue weighted by molar-refractivity contribution is -0.148. The summed E-state index contributed by atoms with van der Waals surface area (Å²) in [6.45, 7) is 0.682. The third-order valence-corrected chi connectivity index (χ3v) is 4.35. The Kier molecular flexibility index (Phi) is 3.15. The lowest BCUT2D eigenvalue weighted by Gasteiger charge is -2.34. The molecule has 2 rings (SSSR count).